The van der Waals surface area contributed by atoms with Gasteiger partial charge in [-0.3, -0.25) is 4.57 Å². The molecule has 1 aliphatic heterocycles. The first-order valence-electron chi connectivity index (χ1n) is 8.89. The van der Waals surface area contributed by atoms with E-state index in [2.05, 4.69) is 4.90 Å². The Labute approximate surface area is 167 Å². The third-order valence-electron chi connectivity index (χ3n) is 4.35. The van der Waals surface area contributed by atoms with Gasteiger partial charge in [-0.1, -0.05) is 0 Å². The van der Waals surface area contributed by atoms with E-state index in [0.717, 1.165) is 35.4 Å². The van der Waals surface area contributed by atoms with Crippen LogP contribution in [0.3, 0.4) is 0 Å². The van der Waals surface area contributed by atoms with E-state index in [0.29, 0.717) is 11.3 Å². The van der Waals surface area contributed by atoms with Crippen LogP contribution in [0.5, 0.6) is 5.75 Å². The molecule has 1 aromatic heterocycles. The number of aromatic nitrogens is 1. The van der Waals surface area contributed by atoms with Crippen LogP contribution < -0.4 is 4.74 Å². The van der Waals surface area contributed by atoms with Crippen LogP contribution in [-0.4, -0.2) is 73.9 Å². The molecule has 152 valence electrons. The van der Waals surface area contributed by atoms with Gasteiger partial charge in [0.05, 0.1) is 12.6 Å². The Morgan fingerprint density at radius 2 is 2.04 bits per heavy atom. The minimum atomic E-state index is -0.830. The maximum absolute atomic E-state index is 12.5. The Morgan fingerprint density at radius 1 is 1.25 bits per heavy atom. The molecule has 0 amide bonds. The van der Waals surface area contributed by atoms with Gasteiger partial charge >= 0.3 is 12.2 Å². The van der Waals surface area contributed by atoms with Gasteiger partial charge in [-0.25, -0.2) is 9.59 Å². The lowest BCUT2D eigenvalue weighted by Gasteiger charge is -2.23. The van der Waals surface area contributed by atoms with E-state index < -0.39 is 19.0 Å². The molecule has 0 unspecified atom stereocenters. The second-order valence-electron chi connectivity index (χ2n) is 6.66. The molecule has 0 bridgehead atoms. The fourth-order valence-electron chi connectivity index (χ4n) is 2.75. The SMILES string of the molecule is COc1ccc2c(CCN(C)C)cn(C(=O)OCOC(=O)OC3CSC3)c2c1. The van der Waals surface area contributed by atoms with Gasteiger partial charge in [0.1, 0.15) is 11.9 Å². The minimum absolute atomic E-state index is 0.117. The summed E-state index contributed by atoms with van der Waals surface area (Å²) in [6.07, 6.45) is 0.941. The fraction of sp³-hybridized carbons (Fsp3) is 0.474. The van der Waals surface area contributed by atoms with Crippen LogP contribution in [0, 0.1) is 0 Å². The molecule has 2 aromatic rings. The van der Waals surface area contributed by atoms with Crippen LogP contribution >= 0.6 is 11.8 Å². The van der Waals surface area contributed by atoms with Crippen molar-refractivity contribution in [3.8, 4) is 5.75 Å². The zero-order chi connectivity index (χ0) is 20.1. The van der Waals surface area contributed by atoms with Crippen molar-refractivity contribution in [2.24, 2.45) is 0 Å². The van der Waals surface area contributed by atoms with Gasteiger partial charge in [-0.15, -0.1) is 0 Å². The van der Waals surface area contributed by atoms with E-state index in [-0.39, 0.29) is 6.10 Å². The van der Waals surface area contributed by atoms with Crippen molar-refractivity contribution in [3.05, 3.63) is 30.0 Å². The number of ether oxygens (including phenoxy) is 4. The Balaban J connectivity index is 1.68. The first-order chi connectivity index (χ1) is 13.5. The van der Waals surface area contributed by atoms with Crippen molar-refractivity contribution in [3.63, 3.8) is 0 Å². The third-order valence-corrected chi connectivity index (χ3v) is 5.56. The maximum atomic E-state index is 12.5. The number of nitrogens with zero attached hydrogens (tertiary/aromatic N) is 2. The number of carbonyl (C=O) groups excluding carboxylic acids is 2. The highest BCUT2D eigenvalue weighted by Gasteiger charge is 2.23. The van der Waals surface area contributed by atoms with Gasteiger partial charge in [-0.05, 0) is 38.2 Å². The lowest BCUT2D eigenvalue weighted by Crippen LogP contribution is -2.31. The quantitative estimate of drug-likeness (QED) is 0.511. The number of hydrogen-bond donors (Lipinski definition) is 0. The van der Waals surface area contributed by atoms with Gasteiger partial charge in [-0.2, -0.15) is 11.8 Å². The summed E-state index contributed by atoms with van der Waals surface area (Å²) in [5.41, 5.74) is 1.69. The van der Waals surface area contributed by atoms with E-state index in [1.54, 1.807) is 31.1 Å². The molecule has 8 nitrogen and oxygen atoms in total. The molecular weight excluding hydrogens is 384 g/mol. The fourth-order valence-corrected chi connectivity index (χ4v) is 3.31. The summed E-state index contributed by atoms with van der Waals surface area (Å²) >= 11 is 1.69. The lowest BCUT2D eigenvalue weighted by atomic mass is 10.1. The van der Waals surface area contributed by atoms with Crippen LogP contribution in [0.25, 0.3) is 10.9 Å². The van der Waals surface area contributed by atoms with Gasteiger partial charge in [0.25, 0.3) is 0 Å². The topological polar surface area (TPSA) is 79.2 Å². The molecule has 2 heterocycles. The first kappa shape index (κ1) is 20.3. The van der Waals surface area contributed by atoms with Gasteiger partial charge in [0.15, 0.2) is 0 Å². The number of likely N-dealkylation sites (N-methyl/N-ethyl adjacent to an activating group) is 1. The second-order valence-corrected chi connectivity index (χ2v) is 7.74. The number of hydrogen-bond acceptors (Lipinski definition) is 8. The van der Waals surface area contributed by atoms with Crippen LogP contribution in [0.2, 0.25) is 0 Å². The Bertz CT molecular complexity index is 846. The number of fused-ring (bicyclic) bond motifs is 1. The smallest absolute Gasteiger partial charge is 0.497 e. The van der Waals surface area contributed by atoms with Crippen molar-refractivity contribution < 1.29 is 28.5 Å². The monoisotopic (exact) mass is 408 g/mol. The highest BCUT2D eigenvalue weighted by molar-refractivity contribution is 8.00. The number of methoxy groups -OCH3 is 1. The summed E-state index contributed by atoms with van der Waals surface area (Å²) in [5, 5.41) is 0.947. The van der Waals surface area contributed by atoms with Crippen molar-refractivity contribution in [2.75, 3.05) is 46.0 Å². The van der Waals surface area contributed by atoms with Crippen LogP contribution in [-0.2, 0) is 20.6 Å². The summed E-state index contributed by atoms with van der Waals surface area (Å²) in [4.78, 5) is 26.1. The summed E-state index contributed by atoms with van der Waals surface area (Å²) in [5.74, 6) is 2.17. The highest BCUT2D eigenvalue weighted by atomic mass is 32.2. The molecule has 28 heavy (non-hydrogen) atoms. The summed E-state index contributed by atoms with van der Waals surface area (Å²) < 4.78 is 21.6. The number of rotatable bonds is 7. The molecule has 0 aliphatic carbocycles. The van der Waals surface area contributed by atoms with Crippen molar-refractivity contribution in [1.82, 2.24) is 9.47 Å². The molecule has 0 radical (unpaired) electrons. The third kappa shape index (κ3) is 4.90. The molecule has 9 heteroatoms. The number of thioether (sulfide) groups is 1. The lowest BCUT2D eigenvalue weighted by molar-refractivity contribution is -0.0241. The molecule has 1 aromatic carbocycles. The molecule has 0 N–H and O–H groups in total. The predicted molar refractivity (Wildman–Crippen MR) is 106 cm³/mol. The highest BCUT2D eigenvalue weighted by Crippen LogP contribution is 2.27. The van der Waals surface area contributed by atoms with E-state index in [1.165, 1.54) is 4.57 Å². The van der Waals surface area contributed by atoms with Gasteiger partial charge in [0, 0.05) is 35.7 Å². The molecule has 0 saturated carbocycles. The molecule has 0 spiro atoms. The molecule has 3 rings (SSSR count). The zero-order valence-corrected chi connectivity index (χ0v) is 17.0. The van der Waals surface area contributed by atoms with Crippen LogP contribution in [0.4, 0.5) is 9.59 Å². The Kier molecular flexibility index (Phi) is 6.69. The first-order valence-corrected chi connectivity index (χ1v) is 10.0. The van der Waals surface area contributed by atoms with E-state index in [1.807, 2.05) is 26.2 Å². The minimum Gasteiger partial charge on any atom is -0.497 e. The van der Waals surface area contributed by atoms with Crippen LogP contribution in [0.15, 0.2) is 24.4 Å². The normalized spacial score (nSPS) is 14.0. The number of carbonyl (C=O) groups is 2. The average Bonchev–Trinajstić information content (AvgIpc) is 3.00. The molecule has 0 atom stereocenters. The summed E-state index contributed by atoms with van der Waals surface area (Å²) in [6, 6.07) is 5.56. The predicted octanol–water partition coefficient (Wildman–Crippen LogP) is 2.96. The molecular formula is C19H24N2O6S. The van der Waals surface area contributed by atoms with Crippen LogP contribution in [0.1, 0.15) is 5.56 Å². The second kappa shape index (κ2) is 9.20. The summed E-state index contributed by atoms with van der Waals surface area (Å²) in [7, 11) is 5.56. The van der Waals surface area contributed by atoms with E-state index in [4.69, 9.17) is 18.9 Å². The van der Waals surface area contributed by atoms with Gasteiger partial charge in [0.2, 0.25) is 6.79 Å². The van der Waals surface area contributed by atoms with E-state index >= 15 is 0 Å². The molecule has 1 fully saturated rings. The number of benzene rings is 1. The van der Waals surface area contributed by atoms with Crippen molar-refractivity contribution >= 4 is 34.9 Å². The summed E-state index contributed by atoms with van der Waals surface area (Å²) in [6.45, 7) is 0.336. The Hall–Kier alpha value is -2.39. The molecule has 1 aliphatic rings. The standard InChI is InChI=1S/C19H24N2O6S/c1-20(2)7-6-13-9-21(17-8-14(24-3)4-5-16(13)17)18(22)25-12-26-19(23)27-15-10-28-11-15/h4-5,8-9,15H,6-7,10-12H2,1-3H3. The van der Waals surface area contributed by atoms with Gasteiger partial charge < -0.3 is 23.8 Å². The largest absolute Gasteiger partial charge is 0.511 e. The zero-order valence-electron chi connectivity index (χ0n) is 16.2. The molecule has 1 saturated heterocycles. The maximum Gasteiger partial charge on any atom is 0.511 e. The van der Waals surface area contributed by atoms with E-state index in [9.17, 15) is 9.59 Å². The van der Waals surface area contributed by atoms with Crippen molar-refractivity contribution in [2.45, 2.75) is 12.5 Å². The average molecular weight is 408 g/mol. The van der Waals surface area contributed by atoms with Crippen molar-refractivity contribution in [1.29, 1.82) is 0 Å². The Morgan fingerprint density at radius 3 is 2.68 bits per heavy atom.